The van der Waals surface area contributed by atoms with E-state index in [4.69, 9.17) is 16.6 Å². The highest BCUT2D eigenvalue weighted by molar-refractivity contribution is 7.80. The van der Waals surface area contributed by atoms with Crippen LogP contribution in [-0.4, -0.2) is 11.2 Å². The first-order valence-corrected chi connectivity index (χ1v) is 8.25. The van der Waals surface area contributed by atoms with Crippen LogP contribution in [-0.2, 0) is 6.54 Å². The van der Waals surface area contributed by atoms with E-state index in [1.54, 1.807) is 6.26 Å². The van der Waals surface area contributed by atoms with Crippen molar-refractivity contribution in [2.45, 2.75) is 44.7 Å². The quantitative estimate of drug-likeness (QED) is 0.839. The molecule has 4 saturated carbocycles. The largest absolute Gasteiger partial charge is 0.467 e. The number of hydrogen-bond donors (Lipinski definition) is 2. The molecule has 0 unspecified atom stereocenters. The molecule has 3 nitrogen and oxygen atoms in total. The Morgan fingerprint density at radius 1 is 1.15 bits per heavy atom. The lowest BCUT2D eigenvalue weighted by molar-refractivity contribution is -0.00695. The molecule has 4 heteroatoms. The lowest BCUT2D eigenvalue weighted by Crippen LogP contribution is -2.57. The van der Waals surface area contributed by atoms with Gasteiger partial charge in [-0.15, -0.1) is 0 Å². The van der Waals surface area contributed by atoms with Crippen molar-refractivity contribution < 1.29 is 4.42 Å². The van der Waals surface area contributed by atoms with E-state index >= 15 is 0 Å². The third-order valence-electron chi connectivity index (χ3n) is 5.53. The Bertz CT molecular complexity index is 457. The van der Waals surface area contributed by atoms with Gasteiger partial charge in [0, 0.05) is 6.04 Å². The average Bonchev–Trinajstić information content (AvgIpc) is 2.93. The first-order valence-electron chi connectivity index (χ1n) is 7.84. The van der Waals surface area contributed by atoms with Crippen LogP contribution >= 0.6 is 12.2 Å². The summed E-state index contributed by atoms with van der Waals surface area (Å²) in [5, 5.41) is 7.66. The van der Waals surface area contributed by atoms with Gasteiger partial charge >= 0.3 is 0 Å². The van der Waals surface area contributed by atoms with Gasteiger partial charge in [-0.1, -0.05) is 0 Å². The SMILES string of the molecule is S=C(NCc1ccco1)NC1C2CC3CC(C2)CC1C3. The molecule has 1 heterocycles. The highest BCUT2D eigenvalue weighted by Gasteiger charge is 2.48. The van der Waals surface area contributed by atoms with Crippen LogP contribution in [0.15, 0.2) is 22.8 Å². The van der Waals surface area contributed by atoms with Crippen molar-refractivity contribution >= 4 is 17.3 Å². The second-order valence-electron chi connectivity index (χ2n) is 6.86. The van der Waals surface area contributed by atoms with E-state index in [1.165, 1.54) is 32.1 Å². The fourth-order valence-electron chi connectivity index (χ4n) is 4.94. The van der Waals surface area contributed by atoms with Gasteiger partial charge < -0.3 is 15.1 Å². The molecule has 5 rings (SSSR count). The molecular weight excluding hydrogens is 268 g/mol. The Kier molecular flexibility index (Phi) is 3.21. The van der Waals surface area contributed by atoms with E-state index in [9.17, 15) is 0 Å². The molecule has 0 saturated heterocycles. The summed E-state index contributed by atoms with van der Waals surface area (Å²) in [4.78, 5) is 0. The Morgan fingerprint density at radius 3 is 2.45 bits per heavy atom. The van der Waals surface area contributed by atoms with Gasteiger partial charge in [0.1, 0.15) is 5.76 Å². The van der Waals surface area contributed by atoms with Crippen LogP contribution in [0.25, 0.3) is 0 Å². The summed E-state index contributed by atoms with van der Waals surface area (Å²) < 4.78 is 5.32. The maximum Gasteiger partial charge on any atom is 0.166 e. The maximum atomic E-state index is 5.46. The molecule has 0 atom stereocenters. The number of thiocarbonyl (C=S) groups is 1. The lowest BCUT2D eigenvalue weighted by atomic mass is 9.54. The predicted molar refractivity (Wildman–Crippen MR) is 82.1 cm³/mol. The molecule has 4 bridgehead atoms. The van der Waals surface area contributed by atoms with Gasteiger partial charge in [-0.2, -0.15) is 0 Å². The van der Waals surface area contributed by atoms with E-state index in [0.717, 1.165) is 34.5 Å². The predicted octanol–water partition coefficient (Wildman–Crippen LogP) is 3.07. The molecule has 0 amide bonds. The van der Waals surface area contributed by atoms with Gasteiger partial charge in [0.25, 0.3) is 0 Å². The van der Waals surface area contributed by atoms with Crippen LogP contribution in [0.3, 0.4) is 0 Å². The van der Waals surface area contributed by atoms with Crippen molar-refractivity contribution in [1.29, 1.82) is 0 Å². The third-order valence-corrected chi connectivity index (χ3v) is 5.79. The van der Waals surface area contributed by atoms with Crippen molar-refractivity contribution in [3.05, 3.63) is 24.2 Å². The summed E-state index contributed by atoms with van der Waals surface area (Å²) in [6, 6.07) is 4.49. The molecule has 108 valence electrons. The summed E-state index contributed by atoms with van der Waals surface area (Å²) >= 11 is 5.46. The van der Waals surface area contributed by atoms with E-state index in [0.29, 0.717) is 12.6 Å². The smallest absolute Gasteiger partial charge is 0.166 e. The molecule has 1 aromatic heterocycles. The molecule has 4 fully saturated rings. The van der Waals surface area contributed by atoms with Crippen LogP contribution in [0.5, 0.6) is 0 Å². The van der Waals surface area contributed by atoms with Crippen molar-refractivity contribution in [3.63, 3.8) is 0 Å². The van der Waals surface area contributed by atoms with E-state index in [-0.39, 0.29) is 0 Å². The third kappa shape index (κ3) is 2.34. The summed E-state index contributed by atoms with van der Waals surface area (Å²) in [5.74, 6) is 4.67. The molecule has 0 spiro atoms. The van der Waals surface area contributed by atoms with Crippen LogP contribution in [0.1, 0.15) is 37.9 Å². The van der Waals surface area contributed by atoms with Gasteiger partial charge in [-0.05, 0) is 80.1 Å². The lowest BCUT2D eigenvalue weighted by Gasteiger charge is -2.54. The zero-order valence-corrected chi connectivity index (χ0v) is 12.5. The fourth-order valence-corrected chi connectivity index (χ4v) is 5.15. The zero-order valence-electron chi connectivity index (χ0n) is 11.7. The minimum atomic E-state index is 0.611. The molecule has 0 radical (unpaired) electrons. The summed E-state index contributed by atoms with van der Waals surface area (Å²) in [5.41, 5.74) is 0. The number of furan rings is 1. The highest BCUT2D eigenvalue weighted by atomic mass is 32.1. The van der Waals surface area contributed by atoms with Crippen molar-refractivity contribution in [3.8, 4) is 0 Å². The summed E-state index contributed by atoms with van der Waals surface area (Å²) in [6.45, 7) is 0.673. The van der Waals surface area contributed by atoms with E-state index in [1.807, 2.05) is 12.1 Å². The maximum absolute atomic E-state index is 5.46. The van der Waals surface area contributed by atoms with Gasteiger partial charge in [-0.25, -0.2) is 0 Å². The Balaban J connectivity index is 1.33. The average molecular weight is 290 g/mol. The fraction of sp³-hybridized carbons (Fsp3) is 0.688. The highest BCUT2D eigenvalue weighted by Crippen LogP contribution is 2.53. The normalized spacial score (nSPS) is 37.9. The Hall–Kier alpha value is -1.03. The van der Waals surface area contributed by atoms with Crippen LogP contribution in [0, 0.1) is 23.7 Å². The number of hydrogen-bond acceptors (Lipinski definition) is 2. The number of nitrogens with one attached hydrogen (secondary N) is 2. The van der Waals surface area contributed by atoms with Gasteiger partial charge in [-0.3, -0.25) is 0 Å². The van der Waals surface area contributed by atoms with Crippen LogP contribution in [0.4, 0.5) is 0 Å². The van der Waals surface area contributed by atoms with Crippen molar-refractivity contribution in [2.24, 2.45) is 23.7 Å². The molecule has 1 aromatic rings. The van der Waals surface area contributed by atoms with E-state index in [2.05, 4.69) is 10.6 Å². The first kappa shape index (κ1) is 12.7. The molecule has 20 heavy (non-hydrogen) atoms. The topological polar surface area (TPSA) is 37.2 Å². The van der Waals surface area contributed by atoms with Gasteiger partial charge in [0.2, 0.25) is 0 Å². The summed E-state index contributed by atoms with van der Waals surface area (Å²) in [7, 11) is 0. The van der Waals surface area contributed by atoms with Crippen LogP contribution in [0.2, 0.25) is 0 Å². The zero-order chi connectivity index (χ0) is 13.5. The molecule has 4 aliphatic carbocycles. The Morgan fingerprint density at radius 2 is 1.85 bits per heavy atom. The first-order chi connectivity index (χ1) is 9.78. The standard InChI is InChI=1S/C16H22N2OS/c20-16(17-9-14-2-1-3-19-14)18-15-12-5-10-4-11(7-12)8-13(15)6-10/h1-3,10-13,15H,4-9H2,(H2,17,18,20). The van der Waals surface area contributed by atoms with Crippen molar-refractivity contribution in [1.82, 2.24) is 10.6 Å². The minimum Gasteiger partial charge on any atom is -0.467 e. The number of rotatable bonds is 3. The molecule has 0 aliphatic heterocycles. The van der Waals surface area contributed by atoms with Gasteiger partial charge in [0.05, 0.1) is 12.8 Å². The van der Waals surface area contributed by atoms with Gasteiger partial charge in [0.15, 0.2) is 5.11 Å². The summed E-state index contributed by atoms with van der Waals surface area (Å²) in [6.07, 6.45) is 8.89. The molecule has 4 aliphatic rings. The van der Waals surface area contributed by atoms with Crippen molar-refractivity contribution in [2.75, 3.05) is 0 Å². The second-order valence-corrected chi connectivity index (χ2v) is 7.27. The van der Waals surface area contributed by atoms with Crippen LogP contribution < -0.4 is 10.6 Å². The Labute approximate surface area is 125 Å². The monoisotopic (exact) mass is 290 g/mol. The molecular formula is C16H22N2OS. The second kappa shape index (κ2) is 5.06. The molecule has 0 aromatic carbocycles. The van der Waals surface area contributed by atoms with E-state index < -0.39 is 0 Å². The minimum absolute atomic E-state index is 0.611. The molecule has 2 N–H and O–H groups in total.